The number of thiazole rings is 1. The molecule has 2 aliphatic rings. The van der Waals surface area contributed by atoms with E-state index in [2.05, 4.69) is 9.88 Å². The number of carbonyl (C=O) groups is 1. The molecule has 7 nitrogen and oxygen atoms in total. The Balaban J connectivity index is 1.43. The third-order valence-electron chi connectivity index (χ3n) is 5.37. The van der Waals surface area contributed by atoms with Crippen molar-refractivity contribution in [3.05, 3.63) is 24.0 Å². The Kier molecular flexibility index (Phi) is 5.28. The Hall–Kier alpha value is -1.78. The van der Waals surface area contributed by atoms with Gasteiger partial charge in [0.05, 0.1) is 16.5 Å². The highest BCUT2D eigenvalue weighted by atomic mass is 32.2. The largest absolute Gasteiger partial charge is 0.345 e. The fraction of sp³-hybridized carbons (Fsp3) is 0.556. The molecule has 2 saturated heterocycles. The molecule has 28 heavy (non-hydrogen) atoms. The molecule has 1 aromatic carbocycles. The molecule has 0 N–H and O–H groups in total. The summed E-state index contributed by atoms with van der Waals surface area (Å²) in [5.74, 6) is -0.378. The topological polar surface area (TPSA) is 73.8 Å². The number of benzene rings is 1. The second-order valence-corrected chi connectivity index (χ2v) is 10.3. The average Bonchev–Trinajstić information content (AvgIpc) is 3.10. The summed E-state index contributed by atoms with van der Waals surface area (Å²) >= 11 is 1.44. The summed E-state index contributed by atoms with van der Waals surface area (Å²) in [7, 11) is -3.39. The molecular weight excluding hydrogens is 403 g/mol. The molecule has 10 heteroatoms. The number of aromatic nitrogens is 1. The maximum Gasteiger partial charge on any atom is 0.241 e. The molecule has 2 aromatic rings. The Morgan fingerprint density at radius 2 is 1.93 bits per heavy atom. The molecule has 0 aliphatic carbocycles. The van der Waals surface area contributed by atoms with Gasteiger partial charge in [0, 0.05) is 32.7 Å². The van der Waals surface area contributed by atoms with Crippen LogP contribution < -0.4 is 4.90 Å². The van der Waals surface area contributed by atoms with E-state index in [4.69, 9.17) is 0 Å². The van der Waals surface area contributed by atoms with Crippen LogP contribution in [-0.4, -0.2) is 73.5 Å². The Morgan fingerprint density at radius 3 is 2.64 bits per heavy atom. The van der Waals surface area contributed by atoms with E-state index in [1.807, 2.05) is 0 Å². The van der Waals surface area contributed by atoms with Crippen molar-refractivity contribution in [2.24, 2.45) is 0 Å². The molecule has 0 unspecified atom stereocenters. The second kappa shape index (κ2) is 7.57. The van der Waals surface area contributed by atoms with Crippen molar-refractivity contribution in [1.82, 2.24) is 14.2 Å². The number of fused-ring (bicyclic) bond motifs is 1. The monoisotopic (exact) mass is 426 g/mol. The standard InChI is InChI=1S/C18H23FN4O3S2/c1-28(25,26)23-7-3-2-4-15(23)17(24)21-8-10-22(11-9-21)18-20-14-6-5-13(19)12-16(14)27-18/h5-6,12,15H,2-4,7-11H2,1H3/t15-/m0/s1. The van der Waals surface area contributed by atoms with Gasteiger partial charge < -0.3 is 9.80 Å². The van der Waals surface area contributed by atoms with Crippen molar-refractivity contribution >= 4 is 42.6 Å². The van der Waals surface area contributed by atoms with E-state index < -0.39 is 16.1 Å². The minimum absolute atomic E-state index is 0.101. The second-order valence-electron chi connectivity index (χ2n) is 7.31. The first-order chi connectivity index (χ1) is 13.3. The van der Waals surface area contributed by atoms with Crippen molar-refractivity contribution in [3.8, 4) is 0 Å². The zero-order chi connectivity index (χ0) is 19.9. The first kappa shape index (κ1) is 19.5. The van der Waals surface area contributed by atoms with Crippen LogP contribution in [0.1, 0.15) is 19.3 Å². The molecule has 3 heterocycles. The molecular formula is C18H23FN4O3S2. The number of carbonyl (C=O) groups excluding carboxylic acids is 1. The van der Waals surface area contributed by atoms with Crippen molar-refractivity contribution in [1.29, 1.82) is 0 Å². The summed E-state index contributed by atoms with van der Waals surface area (Å²) in [6, 6.07) is 3.98. The summed E-state index contributed by atoms with van der Waals surface area (Å²) in [5.41, 5.74) is 0.769. The summed E-state index contributed by atoms with van der Waals surface area (Å²) in [5, 5.41) is 0.822. The Labute approximate surface area is 167 Å². The van der Waals surface area contributed by atoms with E-state index in [1.165, 1.54) is 34.0 Å². The average molecular weight is 427 g/mol. The van der Waals surface area contributed by atoms with Crippen LogP contribution in [0.3, 0.4) is 0 Å². The van der Waals surface area contributed by atoms with E-state index in [-0.39, 0.29) is 11.7 Å². The molecule has 152 valence electrons. The fourth-order valence-corrected chi connectivity index (χ4v) is 6.06. The SMILES string of the molecule is CS(=O)(=O)N1CCCC[C@H]1C(=O)N1CCN(c2nc3ccc(F)cc3s2)CC1. The molecule has 0 spiro atoms. The van der Waals surface area contributed by atoms with Crippen molar-refractivity contribution < 1.29 is 17.6 Å². The number of piperidine rings is 1. The number of rotatable bonds is 3. The quantitative estimate of drug-likeness (QED) is 0.750. The van der Waals surface area contributed by atoms with Gasteiger partial charge in [0.1, 0.15) is 11.9 Å². The first-order valence-electron chi connectivity index (χ1n) is 9.39. The van der Waals surface area contributed by atoms with Gasteiger partial charge in [-0.15, -0.1) is 0 Å². The van der Waals surface area contributed by atoms with E-state index in [0.717, 1.165) is 28.2 Å². The molecule has 2 aliphatic heterocycles. The lowest BCUT2D eigenvalue weighted by atomic mass is 10.0. The minimum Gasteiger partial charge on any atom is -0.345 e. The number of nitrogens with zero attached hydrogens (tertiary/aromatic N) is 4. The molecule has 0 radical (unpaired) electrons. The molecule has 4 rings (SSSR count). The molecule has 1 aromatic heterocycles. The van der Waals surface area contributed by atoms with Crippen LogP contribution in [0.25, 0.3) is 10.2 Å². The van der Waals surface area contributed by atoms with Crippen LogP contribution >= 0.6 is 11.3 Å². The van der Waals surface area contributed by atoms with Crippen LogP contribution in [0.5, 0.6) is 0 Å². The first-order valence-corrected chi connectivity index (χ1v) is 12.1. The molecule has 1 amide bonds. The zero-order valence-electron chi connectivity index (χ0n) is 15.7. The summed E-state index contributed by atoms with van der Waals surface area (Å²) in [4.78, 5) is 21.4. The highest BCUT2D eigenvalue weighted by Gasteiger charge is 2.37. The minimum atomic E-state index is -3.39. The predicted octanol–water partition coefficient (Wildman–Crippen LogP) is 1.90. The van der Waals surface area contributed by atoms with Crippen LogP contribution in [-0.2, 0) is 14.8 Å². The smallest absolute Gasteiger partial charge is 0.241 e. The van der Waals surface area contributed by atoms with Crippen LogP contribution in [0.15, 0.2) is 18.2 Å². The van der Waals surface area contributed by atoms with Crippen molar-refractivity contribution in [3.63, 3.8) is 0 Å². The lowest BCUT2D eigenvalue weighted by molar-refractivity contribution is -0.136. The number of sulfonamides is 1. The van der Waals surface area contributed by atoms with Crippen LogP contribution in [0.2, 0.25) is 0 Å². The summed E-state index contributed by atoms with van der Waals surface area (Å²) in [6.07, 6.45) is 3.41. The summed E-state index contributed by atoms with van der Waals surface area (Å²) < 4.78 is 39.6. The van der Waals surface area contributed by atoms with Gasteiger partial charge in [-0.1, -0.05) is 17.8 Å². The van der Waals surface area contributed by atoms with Gasteiger partial charge in [0.2, 0.25) is 15.9 Å². The van der Waals surface area contributed by atoms with Crippen molar-refractivity contribution in [2.75, 3.05) is 43.9 Å². The third-order valence-corrected chi connectivity index (χ3v) is 7.73. The van der Waals surface area contributed by atoms with Gasteiger partial charge in [-0.2, -0.15) is 4.31 Å². The van der Waals surface area contributed by atoms with Crippen LogP contribution in [0.4, 0.5) is 9.52 Å². The number of hydrogen-bond acceptors (Lipinski definition) is 6. The lowest BCUT2D eigenvalue weighted by Crippen LogP contribution is -2.57. The van der Waals surface area contributed by atoms with E-state index in [1.54, 1.807) is 11.0 Å². The van der Waals surface area contributed by atoms with Gasteiger partial charge in [-0.25, -0.2) is 17.8 Å². The number of anilines is 1. The van der Waals surface area contributed by atoms with E-state index >= 15 is 0 Å². The maximum absolute atomic E-state index is 13.4. The maximum atomic E-state index is 13.4. The molecule has 2 fully saturated rings. The molecule has 0 saturated carbocycles. The number of halogens is 1. The Bertz CT molecular complexity index is 986. The third kappa shape index (κ3) is 3.85. The van der Waals surface area contributed by atoms with Crippen LogP contribution in [0, 0.1) is 5.82 Å². The number of hydrogen-bond donors (Lipinski definition) is 0. The highest BCUT2D eigenvalue weighted by Crippen LogP contribution is 2.30. The Morgan fingerprint density at radius 1 is 1.18 bits per heavy atom. The highest BCUT2D eigenvalue weighted by molar-refractivity contribution is 7.88. The molecule has 1 atom stereocenters. The lowest BCUT2D eigenvalue weighted by Gasteiger charge is -2.39. The van der Waals surface area contributed by atoms with Gasteiger partial charge in [0.25, 0.3) is 0 Å². The fourth-order valence-electron chi connectivity index (χ4n) is 3.90. The zero-order valence-corrected chi connectivity index (χ0v) is 17.3. The van der Waals surface area contributed by atoms with E-state index in [0.29, 0.717) is 39.1 Å². The predicted molar refractivity (Wildman–Crippen MR) is 108 cm³/mol. The normalized spacial score (nSPS) is 22.0. The van der Waals surface area contributed by atoms with E-state index in [9.17, 15) is 17.6 Å². The van der Waals surface area contributed by atoms with Gasteiger partial charge >= 0.3 is 0 Å². The van der Waals surface area contributed by atoms with Crippen molar-refractivity contribution in [2.45, 2.75) is 25.3 Å². The number of amides is 1. The van der Waals surface area contributed by atoms with Gasteiger partial charge in [-0.05, 0) is 31.0 Å². The number of piperazine rings is 1. The van der Waals surface area contributed by atoms with Gasteiger partial charge in [-0.3, -0.25) is 4.79 Å². The van der Waals surface area contributed by atoms with Gasteiger partial charge in [0.15, 0.2) is 5.13 Å². The summed E-state index contributed by atoms with van der Waals surface area (Å²) in [6.45, 7) is 2.71. The molecule has 0 bridgehead atoms.